The monoisotopic (exact) mass is 184 g/mol. The third-order valence-electron chi connectivity index (χ3n) is 2.42. The molecule has 4 heteroatoms. The molecule has 0 aromatic heterocycles. The number of amides is 1. The molecule has 0 radical (unpaired) electrons. The van der Waals surface area contributed by atoms with Gasteiger partial charge in [0.2, 0.25) is 5.91 Å². The van der Waals surface area contributed by atoms with Crippen molar-refractivity contribution in [2.45, 2.75) is 19.8 Å². The van der Waals surface area contributed by atoms with Gasteiger partial charge in [0.25, 0.3) is 0 Å². The number of carbonyl (C=O) groups is 1. The van der Waals surface area contributed by atoms with E-state index in [0.717, 1.165) is 0 Å². The fourth-order valence-electron chi connectivity index (χ4n) is 1.79. The third-order valence-corrected chi connectivity index (χ3v) is 2.42. The number of nitrogens with one attached hydrogen (secondary N) is 1. The molecule has 1 fully saturated rings. The minimum absolute atomic E-state index is 0.0106. The van der Waals surface area contributed by atoms with E-state index in [0.29, 0.717) is 18.8 Å². The molecule has 0 unspecified atom stereocenters. The largest absolute Gasteiger partial charge is 0.352 e. The second-order valence-electron chi connectivity index (χ2n) is 3.65. The molecular formula is C9H13FN2O. The maximum atomic E-state index is 11.7. The molecule has 1 saturated carbocycles. The molecule has 0 saturated heterocycles. The number of hydrogen-bond acceptors (Lipinski definition) is 2. The van der Waals surface area contributed by atoms with Crippen LogP contribution in [0.1, 0.15) is 19.8 Å². The number of alkyl halides is 1. The average molecular weight is 184 g/mol. The molecule has 1 aliphatic rings. The van der Waals surface area contributed by atoms with E-state index in [2.05, 4.69) is 5.32 Å². The van der Waals surface area contributed by atoms with Gasteiger partial charge < -0.3 is 5.32 Å². The van der Waals surface area contributed by atoms with Crippen molar-refractivity contribution < 1.29 is 9.18 Å². The molecule has 0 aliphatic heterocycles. The van der Waals surface area contributed by atoms with Crippen LogP contribution in [-0.2, 0) is 4.79 Å². The van der Waals surface area contributed by atoms with Crippen LogP contribution in [0.2, 0.25) is 0 Å². The Morgan fingerprint density at radius 1 is 1.77 bits per heavy atom. The second kappa shape index (κ2) is 3.73. The van der Waals surface area contributed by atoms with Gasteiger partial charge in [-0.1, -0.05) is 6.92 Å². The van der Waals surface area contributed by atoms with Crippen molar-refractivity contribution in [1.29, 1.82) is 5.26 Å². The summed E-state index contributed by atoms with van der Waals surface area (Å²) in [5.41, 5.74) is -0.866. The zero-order valence-corrected chi connectivity index (χ0v) is 7.64. The first-order chi connectivity index (χ1) is 6.14. The van der Waals surface area contributed by atoms with Gasteiger partial charge >= 0.3 is 0 Å². The molecule has 0 atom stereocenters. The quantitative estimate of drug-likeness (QED) is 0.711. The van der Waals surface area contributed by atoms with E-state index in [1.165, 1.54) is 0 Å². The summed E-state index contributed by atoms with van der Waals surface area (Å²) in [7, 11) is 0. The Hall–Kier alpha value is -1.11. The van der Waals surface area contributed by atoms with Crippen molar-refractivity contribution in [3.05, 3.63) is 0 Å². The number of halogens is 1. The number of nitrogens with zero attached hydrogens (tertiary/aromatic N) is 1. The lowest BCUT2D eigenvalue weighted by Crippen LogP contribution is -2.48. The van der Waals surface area contributed by atoms with Crippen molar-refractivity contribution >= 4 is 5.91 Å². The summed E-state index contributed by atoms with van der Waals surface area (Å²) in [6.07, 6.45) is 1.20. The van der Waals surface area contributed by atoms with Crippen molar-refractivity contribution in [3.8, 4) is 6.07 Å². The summed E-state index contributed by atoms with van der Waals surface area (Å²) >= 11 is 0. The first-order valence-electron chi connectivity index (χ1n) is 4.40. The second-order valence-corrected chi connectivity index (χ2v) is 3.65. The fraction of sp³-hybridized carbons (Fsp3) is 0.778. The SMILES string of the molecule is CC1CC(C#N)(C(=O)NCCF)C1. The van der Waals surface area contributed by atoms with Gasteiger partial charge in [-0.2, -0.15) is 5.26 Å². The molecule has 1 N–H and O–H groups in total. The van der Waals surface area contributed by atoms with Crippen LogP contribution >= 0.6 is 0 Å². The molecule has 72 valence electrons. The molecular weight excluding hydrogens is 171 g/mol. The Morgan fingerprint density at radius 3 is 2.77 bits per heavy atom. The molecule has 1 aliphatic carbocycles. The van der Waals surface area contributed by atoms with Gasteiger partial charge in [-0.15, -0.1) is 0 Å². The van der Waals surface area contributed by atoms with Crippen LogP contribution in [0.4, 0.5) is 4.39 Å². The lowest BCUT2D eigenvalue weighted by molar-refractivity contribution is -0.133. The smallest absolute Gasteiger partial charge is 0.240 e. The molecule has 3 nitrogen and oxygen atoms in total. The molecule has 0 bridgehead atoms. The van der Waals surface area contributed by atoms with E-state index in [1.54, 1.807) is 0 Å². The normalized spacial score (nSPS) is 31.6. The van der Waals surface area contributed by atoms with Gasteiger partial charge in [0.05, 0.1) is 6.07 Å². The summed E-state index contributed by atoms with van der Waals surface area (Å²) in [4.78, 5) is 11.4. The number of rotatable bonds is 3. The van der Waals surface area contributed by atoms with E-state index in [1.807, 2.05) is 13.0 Å². The van der Waals surface area contributed by atoms with E-state index in [4.69, 9.17) is 5.26 Å². The predicted octanol–water partition coefficient (Wildman–Crippen LogP) is 1.01. The highest BCUT2D eigenvalue weighted by molar-refractivity contribution is 5.86. The molecule has 1 amide bonds. The lowest BCUT2D eigenvalue weighted by Gasteiger charge is -2.39. The Bertz CT molecular complexity index is 240. The van der Waals surface area contributed by atoms with Crippen molar-refractivity contribution in [2.75, 3.05) is 13.2 Å². The van der Waals surface area contributed by atoms with Crippen LogP contribution in [-0.4, -0.2) is 19.1 Å². The Labute approximate surface area is 76.9 Å². The number of carbonyl (C=O) groups excluding carboxylic acids is 1. The summed E-state index contributed by atoms with van der Waals surface area (Å²) < 4.78 is 11.7. The average Bonchev–Trinajstić information content (AvgIpc) is 2.08. The zero-order chi connectivity index (χ0) is 9.90. The van der Waals surface area contributed by atoms with Gasteiger partial charge in [0.15, 0.2) is 0 Å². The molecule has 0 spiro atoms. The van der Waals surface area contributed by atoms with Crippen LogP contribution in [0, 0.1) is 22.7 Å². The molecule has 0 heterocycles. The highest BCUT2D eigenvalue weighted by atomic mass is 19.1. The van der Waals surface area contributed by atoms with Crippen molar-refractivity contribution in [3.63, 3.8) is 0 Å². The summed E-state index contributed by atoms with van der Waals surface area (Å²) in [6.45, 7) is 1.43. The highest BCUT2D eigenvalue weighted by Crippen LogP contribution is 2.44. The molecule has 0 aromatic rings. The minimum Gasteiger partial charge on any atom is -0.352 e. The maximum Gasteiger partial charge on any atom is 0.240 e. The highest BCUT2D eigenvalue weighted by Gasteiger charge is 2.48. The van der Waals surface area contributed by atoms with Crippen LogP contribution in [0.3, 0.4) is 0 Å². The third kappa shape index (κ3) is 1.80. The van der Waals surface area contributed by atoms with E-state index < -0.39 is 12.1 Å². The van der Waals surface area contributed by atoms with Crippen molar-refractivity contribution in [2.24, 2.45) is 11.3 Å². The first kappa shape index (κ1) is 9.97. The Balaban J connectivity index is 2.49. The predicted molar refractivity (Wildman–Crippen MR) is 45.4 cm³/mol. The molecule has 0 aromatic carbocycles. The van der Waals surface area contributed by atoms with E-state index >= 15 is 0 Å². The summed E-state index contributed by atoms with van der Waals surface area (Å²) in [5.74, 6) is 0.113. The first-order valence-corrected chi connectivity index (χ1v) is 4.40. The number of hydrogen-bond donors (Lipinski definition) is 1. The minimum atomic E-state index is -0.866. The number of nitriles is 1. The standard InChI is InChI=1S/C9H13FN2O/c1-7-4-9(5-7,6-11)8(13)12-3-2-10/h7H,2-5H2,1H3,(H,12,13). The van der Waals surface area contributed by atoms with Gasteiger partial charge in [-0.3, -0.25) is 4.79 Å². The van der Waals surface area contributed by atoms with Crippen LogP contribution in [0.15, 0.2) is 0 Å². The molecule has 13 heavy (non-hydrogen) atoms. The van der Waals surface area contributed by atoms with Crippen LogP contribution in [0.25, 0.3) is 0 Å². The lowest BCUT2D eigenvalue weighted by atomic mass is 9.63. The summed E-state index contributed by atoms with van der Waals surface area (Å²) in [6, 6.07) is 2.02. The Morgan fingerprint density at radius 2 is 2.38 bits per heavy atom. The Kier molecular flexibility index (Phi) is 2.86. The zero-order valence-electron chi connectivity index (χ0n) is 7.64. The van der Waals surface area contributed by atoms with E-state index in [-0.39, 0.29) is 12.5 Å². The molecule has 1 rings (SSSR count). The maximum absolute atomic E-state index is 11.7. The van der Waals surface area contributed by atoms with Crippen molar-refractivity contribution in [1.82, 2.24) is 5.32 Å². The summed E-state index contributed by atoms with van der Waals surface area (Å²) in [5, 5.41) is 11.2. The van der Waals surface area contributed by atoms with Gasteiger partial charge in [0, 0.05) is 6.54 Å². The topological polar surface area (TPSA) is 52.9 Å². The van der Waals surface area contributed by atoms with Gasteiger partial charge in [0.1, 0.15) is 12.1 Å². The fourth-order valence-corrected chi connectivity index (χ4v) is 1.79. The van der Waals surface area contributed by atoms with E-state index in [9.17, 15) is 9.18 Å². The van der Waals surface area contributed by atoms with Crippen LogP contribution in [0.5, 0.6) is 0 Å². The van der Waals surface area contributed by atoms with Gasteiger partial charge in [-0.25, -0.2) is 4.39 Å². The van der Waals surface area contributed by atoms with Crippen LogP contribution < -0.4 is 5.32 Å². The van der Waals surface area contributed by atoms with Gasteiger partial charge in [-0.05, 0) is 18.8 Å².